The van der Waals surface area contributed by atoms with Crippen molar-refractivity contribution in [1.82, 2.24) is 9.97 Å². The van der Waals surface area contributed by atoms with Gasteiger partial charge in [-0.1, -0.05) is 0 Å². The Kier molecular flexibility index (Phi) is 3.54. The number of carboxylic acid groups (broad SMARTS) is 1. The summed E-state index contributed by atoms with van der Waals surface area (Å²) in [6, 6.07) is -0.468. The fourth-order valence-electron chi connectivity index (χ4n) is 1.34. The SMILES string of the molecule is C[N+](C)(C)[C@@H](Cc1cnc([Se])[nH]1)C(=O)O. The van der Waals surface area contributed by atoms with Crippen molar-refractivity contribution in [1.29, 1.82) is 0 Å². The number of carboxylic acids is 1. The van der Waals surface area contributed by atoms with Gasteiger partial charge in [0.25, 0.3) is 0 Å². The Morgan fingerprint density at radius 1 is 1.67 bits per heavy atom. The van der Waals surface area contributed by atoms with Crippen LogP contribution >= 0.6 is 0 Å². The number of nitrogens with zero attached hydrogens (tertiary/aromatic N) is 2. The van der Waals surface area contributed by atoms with Crippen LogP contribution in [-0.4, -0.2) is 68.7 Å². The topological polar surface area (TPSA) is 66.0 Å². The van der Waals surface area contributed by atoms with Crippen LogP contribution in [0.3, 0.4) is 0 Å². The van der Waals surface area contributed by atoms with Crippen molar-refractivity contribution in [3.05, 3.63) is 11.9 Å². The molecule has 0 aliphatic rings. The van der Waals surface area contributed by atoms with Gasteiger partial charge in [0.1, 0.15) is 0 Å². The van der Waals surface area contributed by atoms with Gasteiger partial charge in [0, 0.05) is 0 Å². The third-order valence-electron chi connectivity index (χ3n) is 2.24. The van der Waals surface area contributed by atoms with E-state index in [4.69, 9.17) is 5.11 Å². The molecule has 0 bridgehead atoms. The van der Waals surface area contributed by atoms with E-state index in [-0.39, 0.29) is 0 Å². The van der Waals surface area contributed by atoms with Gasteiger partial charge in [-0.05, 0) is 0 Å². The number of nitrogens with one attached hydrogen (secondary N) is 1. The summed E-state index contributed by atoms with van der Waals surface area (Å²) >= 11 is 2.74. The Morgan fingerprint density at radius 3 is 2.60 bits per heavy atom. The molecule has 1 aromatic rings. The molecular formula is C9H15N3O2Se+. The predicted octanol–water partition coefficient (Wildman–Crippen LogP) is -1.09. The molecule has 2 N–H and O–H groups in total. The Hall–Kier alpha value is -0.841. The molecule has 1 rings (SSSR count). The summed E-state index contributed by atoms with van der Waals surface area (Å²) < 4.78 is 1.08. The normalized spacial score (nSPS) is 13.8. The van der Waals surface area contributed by atoms with E-state index >= 15 is 0 Å². The standard InChI is InChI=1S/C9H14N3O2Se/c1-12(2,3)7(8(13)14)4-6-5-10-9(15)11-6/h5,7H,4H2,1-3H3,(H-,10,11,13,14)/p+1/t7-/m0/s1. The van der Waals surface area contributed by atoms with Crippen LogP contribution in [0.25, 0.3) is 0 Å². The number of H-pyrrole nitrogens is 1. The molecule has 0 unspecified atom stereocenters. The maximum absolute atomic E-state index is 11.1. The Balaban J connectivity index is 2.81. The van der Waals surface area contributed by atoms with Crippen LogP contribution in [-0.2, 0) is 11.2 Å². The molecule has 5 nitrogen and oxygen atoms in total. The summed E-state index contributed by atoms with van der Waals surface area (Å²) in [4.78, 5) is 18.1. The molecule has 1 atom stereocenters. The summed E-state index contributed by atoms with van der Waals surface area (Å²) in [6.07, 6.45) is 2.12. The van der Waals surface area contributed by atoms with Gasteiger partial charge in [0.2, 0.25) is 0 Å². The van der Waals surface area contributed by atoms with Crippen molar-refractivity contribution in [2.24, 2.45) is 0 Å². The Bertz CT molecular complexity index is 356. The molecule has 0 aromatic carbocycles. The molecule has 0 saturated heterocycles. The first kappa shape index (κ1) is 12.2. The number of aliphatic carboxylic acids is 1. The van der Waals surface area contributed by atoms with Crippen LogP contribution in [0.15, 0.2) is 6.20 Å². The van der Waals surface area contributed by atoms with Gasteiger partial charge in [-0.2, -0.15) is 0 Å². The molecule has 83 valence electrons. The van der Waals surface area contributed by atoms with Crippen molar-refractivity contribution in [3.63, 3.8) is 0 Å². The first-order valence-corrected chi connectivity index (χ1v) is 5.41. The van der Waals surface area contributed by atoms with E-state index in [1.807, 2.05) is 21.1 Å². The number of likely N-dealkylation sites (N-methyl/N-ethyl adjacent to an activating group) is 1. The molecule has 15 heavy (non-hydrogen) atoms. The molecule has 0 aliphatic carbocycles. The van der Waals surface area contributed by atoms with Crippen LogP contribution in [0, 0.1) is 0 Å². The molecule has 1 heterocycles. The quantitative estimate of drug-likeness (QED) is 0.542. The summed E-state index contributed by atoms with van der Waals surface area (Å²) in [5.74, 6) is -0.793. The van der Waals surface area contributed by atoms with Gasteiger partial charge >= 0.3 is 96.6 Å². The summed E-state index contributed by atoms with van der Waals surface area (Å²) in [5.41, 5.74) is 0.837. The number of hydrogen-bond donors (Lipinski definition) is 2. The molecule has 1 radical (unpaired) electrons. The van der Waals surface area contributed by atoms with E-state index < -0.39 is 12.0 Å². The number of imidazole rings is 1. The van der Waals surface area contributed by atoms with Gasteiger partial charge in [-0.25, -0.2) is 0 Å². The molecule has 0 aliphatic heterocycles. The van der Waals surface area contributed by atoms with Crippen molar-refractivity contribution in [3.8, 4) is 0 Å². The molecule has 0 spiro atoms. The van der Waals surface area contributed by atoms with Gasteiger partial charge in [-0.15, -0.1) is 0 Å². The van der Waals surface area contributed by atoms with Crippen molar-refractivity contribution >= 4 is 26.7 Å². The van der Waals surface area contributed by atoms with Crippen LogP contribution < -0.4 is 4.72 Å². The van der Waals surface area contributed by atoms with Gasteiger partial charge in [0.15, 0.2) is 0 Å². The van der Waals surface area contributed by atoms with Crippen molar-refractivity contribution < 1.29 is 14.4 Å². The molecule has 0 fully saturated rings. The van der Waals surface area contributed by atoms with E-state index in [0.29, 0.717) is 15.6 Å². The molecule has 0 saturated carbocycles. The van der Waals surface area contributed by atoms with Crippen molar-refractivity contribution in [2.75, 3.05) is 21.1 Å². The van der Waals surface area contributed by atoms with Crippen LogP contribution in [0.4, 0.5) is 0 Å². The Morgan fingerprint density at radius 2 is 2.27 bits per heavy atom. The monoisotopic (exact) mass is 277 g/mol. The maximum atomic E-state index is 11.1. The minimum absolute atomic E-state index is 0.386. The number of rotatable bonds is 4. The average molecular weight is 276 g/mol. The number of quaternary nitrogens is 1. The van der Waals surface area contributed by atoms with Gasteiger partial charge in [0.05, 0.1) is 0 Å². The molecule has 1 aromatic heterocycles. The predicted molar refractivity (Wildman–Crippen MR) is 57.1 cm³/mol. The molecular weight excluding hydrogens is 261 g/mol. The zero-order valence-corrected chi connectivity index (χ0v) is 10.7. The van der Waals surface area contributed by atoms with Crippen molar-refractivity contribution in [2.45, 2.75) is 12.5 Å². The zero-order chi connectivity index (χ0) is 11.6. The summed E-state index contributed by atoms with van der Waals surface area (Å²) in [7, 11) is 5.61. The Labute approximate surface area is 96.9 Å². The first-order valence-electron chi connectivity index (χ1n) is 4.55. The second-order valence-corrected chi connectivity index (χ2v) is 5.20. The van der Waals surface area contributed by atoms with Crippen LogP contribution in [0.5, 0.6) is 0 Å². The third-order valence-corrected chi connectivity index (χ3v) is 2.67. The number of hydrogen-bond acceptors (Lipinski definition) is 2. The molecule has 6 heteroatoms. The van der Waals surface area contributed by atoms with E-state index in [1.54, 1.807) is 6.20 Å². The first-order chi connectivity index (χ1) is 6.80. The van der Waals surface area contributed by atoms with E-state index in [9.17, 15) is 4.79 Å². The van der Waals surface area contributed by atoms with E-state index in [2.05, 4.69) is 26.0 Å². The fourth-order valence-corrected chi connectivity index (χ4v) is 1.73. The van der Waals surface area contributed by atoms with Crippen LogP contribution in [0.1, 0.15) is 5.69 Å². The third kappa shape index (κ3) is 3.34. The van der Waals surface area contributed by atoms with E-state index in [1.165, 1.54) is 0 Å². The number of aromatic nitrogens is 2. The van der Waals surface area contributed by atoms with Gasteiger partial charge in [-0.3, -0.25) is 0 Å². The molecule has 0 amide bonds. The minimum atomic E-state index is -0.793. The summed E-state index contributed by atoms with van der Waals surface area (Å²) in [6.45, 7) is 0. The van der Waals surface area contributed by atoms with Crippen LogP contribution in [0.2, 0.25) is 0 Å². The number of aromatic amines is 1. The average Bonchev–Trinajstić information content (AvgIpc) is 2.44. The second-order valence-electron chi connectivity index (χ2n) is 4.39. The van der Waals surface area contributed by atoms with E-state index in [0.717, 1.165) is 5.69 Å². The number of carbonyl (C=O) groups is 1. The summed E-state index contributed by atoms with van der Waals surface area (Å²) in [5, 5.41) is 9.12. The zero-order valence-electron chi connectivity index (χ0n) is 9.02. The second kappa shape index (κ2) is 4.35. The van der Waals surface area contributed by atoms with Gasteiger partial charge < -0.3 is 0 Å². The fraction of sp³-hybridized carbons (Fsp3) is 0.556.